The Bertz CT molecular complexity index is 414. The molecule has 0 radical (unpaired) electrons. The van der Waals surface area contributed by atoms with Gasteiger partial charge in [-0.3, -0.25) is 4.79 Å². The van der Waals surface area contributed by atoms with Crippen LogP contribution in [0, 0.1) is 0 Å². The molecular weight excluding hydrogens is 234 g/mol. The molecule has 98 valence electrons. The van der Waals surface area contributed by atoms with Crippen LogP contribution in [-0.2, 0) is 4.79 Å². The van der Waals surface area contributed by atoms with Gasteiger partial charge >= 0.3 is 5.97 Å². The smallest absolute Gasteiger partial charge is 0.326 e. The number of carboxylic acids is 1. The molecule has 0 aliphatic carbocycles. The summed E-state index contributed by atoms with van der Waals surface area (Å²) in [5, 5.41) is 11.3. The van der Waals surface area contributed by atoms with Gasteiger partial charge in [0.1, 0.15) is 11.8 Å². The molecule has 1 atom stereocenters. The Morgan fingerprint density at radius 1 is 1.28 bits per heavy atom. The standard InChI is InChI=1S/C13H17NO4/c1-3-11(13(16)17)14-12(15)9-5-7-10(8-6-9)18-4-2/h5-8,11H,3-4H2,1-2H3,(H,14,15)(H,16,17). The van der Waals surface area contributed by atoms with Gasteiger partial charge in [-0.15, -0.1) is 0 Å². The lowest BCUT2D eigenvalue weighted by Gasteiger charge is -2.12. The van der Waals surface area contributed by atoms with Crippen LogP contribution in [0.3, 0.4) is 0 Å². The van der Waals surface area contributed by atoms with Crippen LogP contribution in [0.15, 0.2) is 24.3 Å². The topological polar surface area (TPSA) is 75.6 Å². The molecule has 1 rings (SSSR count). The van der Waals surface area contributed by atoms with Gasteiger partial charge in [-0.1, -0.05) is 6.92 Å². The number of benzene rings is 1. The van der Waals surface area contributed by atoms with Gasteiger partial charge in [-0.2, -0.15) is 0 Å². The molecule has 0 heterocycles. The predicted octanol–water partition coefficient (Wildman–Crippen LogP) is 1.68. The number of carbonyl (C=O) groups excluding carboxylic acids is 1. The molecule has 0 aliphatic heterocycles. The second-order valence-electron chi connectivity index (χ2n) is 3.73. The first-order valence-electron chi connectivity index (χ1n) is 5.85. The Hall–Kier alpha value is -2.04. The molecule has 1 amide bonds. The van der Waals surface area contributed by atoms with Crippen molar-refractivity contribution in [3.8, 4) is 5.75 Å². The van der Waals surface area contributed by atoms with Gasteiger partial charge in [0.05, 0.1) is 6.61 Å². The molecule has 0 saturated carbocycles. The van der Waals surface area contributed by atoms with E-state index in [2.05, 4.69) is 5.32 Å². The molecule has 0 fully saturated rings. The minimum absolute atomic E-state index is 0.345. The average Bonchev–Trinajstić information content (AvgIpc) is 2.36. The van der Waals surface area contributed by atoms with Crippen LogP contribution in [0.25, 0.3) is 0 Å². The number of ether oxygens (including phenoxy) is 1. The number of amides is 1. The molecule has 0 spiro atoms. The van der Waals surface area contributed by atoms with Gasteiger partial charge in [0.15, 0.2) is 0 Å². The number of rotatable bonds is 6. The van der Waals surface area contributed by atoms with Crippen molar-refractivity contribution < 1.29 is 19.4 Å². The Balaban J connectivity index is 2.69. The molecule has 1 unspecified atom stereocenters. The summed E-state index contributed by atoms with van der Waals surface area (Å²) in [6.45, 7) is 4.14. The van der Waals surface area contributed by atoms with Gasteiger partial charge in [-0.25, -0.2) is 4.79 Å². The summed E-state index contributed by atoms with van der Waals surface area (Å²) in [4.78, 5) is 22.6. The van der Waals surface area contributed by atoms with Crippen molar-refractivity contribution in [1.29, 1.82) is 0 Å². The Labute approximate surface area is 106 Å². The summed E-state index contributed by atoms with van der Waals surface area (Å²) >= 11 is 0. The van der Waals surface area contributed by atoms with E-state index in [1.807, 2.05) is 6.92 Å². The Kier molecular flexibility index (Phi) is 5.17. The third-order valence-corrected chi connectivity index (χ3v) is 2.44. The molecule has 0 bridgehead atoms. The minimum atomic E-state index is -1.03. The lowest BCUT2D eigenvalue weighted by Crippen LogP contribution is -2.40. The van der Waals surface area contributed by atoms with E-state index >= 15 is 0 Å². The van der Waals surface area contributed by atoms with Crippen LogP contribution in [0.5, 0.6) is 5.75 Å². The number of aliphatic carboxylic acids is 1. The number of nitrogens with one attached hydrogen (secondary N) is 1. The van der Waals surface area contributed by atoms with Crippen molar-refractivity contribution in [3.05, 3.63) is 29.8 Å². The van der Waals surface area contributed by atoms with Crippen LogP contribution in [0.1, 0.15) is 30.6 Å². The second-order valence-corrected chi connectivity index (χ2v) is 3.73. The predicted molar refractivity (Wildman–Crippen MR) is 66.8 cm³/mol. The first-order valence-corrected chi connectivity index (χ1v) is 5.85. The van der Waals surface area contributed by atoms with Crippen molar-refractivity contribution in [1.82, 2.24) is 5.32 Å². The summed E-state index contributed by atoms with van der Waals surface area (Å²) in [6.07, 6.45) is 0.345. The van der Waals surface area contributed by atoms with Crippen molar-refractivity contribution >= 4 is 11.9 Å². The molecule has 2 N–H and O–H groups in total. The first kappa shape index (κ1) is 14.0. The normalized spacial score (nSPS) is 11.7. The van der Waals surface area contributed by atoms with Crippen molar-refractivity contribution in [3.63, 3.8) is 0 Å². The summed E-state index contributed by atoms with van der Waals surface area (Å²) in [6, 6.07) is 5.72. The third-order valence-electron chi connectivity index (χ3n) is 2.44. The molecule has 5 heteroatoms. The van der Waals surface area contributed by atoms with Crippen LogP contribution >= 0.6 is 0 Å². The third kappa shape index (κ3) is 3.76. The maximum absolute atomic E-state index is 11.8. The zero-order valence-electron chi connectivity index (χ0n) is 10.5. The number of hydrogen-bond donors (Lipinski definition) is 2. The summed E-state index contributed by atoms with van der Waals surface area (Å²) in [7, 11) is 0. The number of hydrogen-bond acceptors (Lipinski definition) is 3. The Morgan fingerprint density at radius 3 is 2.33 bits per heavy atom. The van der Waals surface area contributed by atoms with E-state index in [1.54, 1.807) is 31.2 Å². The van der Waals surface area contributed by atoms with Crippen LogP contribution < -0.4 is 10.1 Å². The van der Waals surface area contributed by atoms with Crippen molar-refractivity contribution in [2.75, 3.05) is 6.61 Å². The summed E-state index contributed by atoms with van der Waals surface area (Å²) in [5.74, 6) is -0.747. The minimum Gasteiger partial charge on any atom is -0.494 e. The molecule has 0 aromatic heterocycles. The van der Waals surface area contributed by atoms with E-state index in [9.17, 15) is 9.59 Å². The van der Waals surface area contributed by atoms with E-state index in [0.717, 1.165) is 0 Å². The van der Waals surface area contributed by atoms with Crippen molar-refractivity contribution in [2.45, 2.75) is 26.3 Å². The number of carboxylic acid groups (broad SMARTS) is 1. The quantitative estimate of drug-likeness (QED) is 0.806. The highest BCUT2D eigenvalue weighted by Crippen LogP contribution is 2.12. The zero-order valence-corrected chi connectivity index (χ0v) is 10.5. The first-order chi connectivity index (χ1) is 8.58. The SMILES string of the molecule is CCOc1ccc(C(=O)NC(CC)C(=O)O)cc1. The highest BCUT2D eigenvalue weighted by molar-refractivity contribution is 5.96. The van der Waals surface area contributed by atoms with Crippen LogP contribution in [0.2, 0.25) is 0 Å². The summed E-state index contributed by atoms with van der Waals surface area (Å²) in [5.41, 5.74) is 0.415. The molecule has 1 aromatic rings. The summed E-state index contributed by atoms with van der Waals surface area (Å²) < 4.78 is 5.26. The second kappa shape index (κ2) is 6.64. The van der Waals surface area contributed by atoms with E-state index < -0.39 is 17.9 Å². The molecule has 0 aliphatic rings. The Morgan fingerprint density at radius 2 is 1.89 bits per heavy atom. The largest absolute Gasteiger partial charge is 0.494 e. The van der Waals surface area contributed by atoms with E-state index in [0.29, 0.717) is 24.3 Å². The molecule has 5 nitrogen and oxygen atoms in total. The fraction of sp³-hybridized carbons (Fsp3) is 0.385. The maximum atomic E-state index is 11.8. The van der Waals surface area contributed by atoms with Gasteiger partial charge < -0.3 is 15.2 Å². The van der Waals surface area contributed by atoms with E-state index in [1.165, 1.54) is 0 Å². The molecular formula is C13H17NO4. The van der Waals surface area contributed by atoms with Crippen molar-refractivity contribution in [2.24, 2.45) is 0 Å². The lowest BCUT2D eigenvalue weighted by molar-refractivity contribution is -0.139. The highest BCUT2D eigenvalue weighted by Gasteiger charge is 2.18. The molecule has 18 heavy (non-hydrogen) atoms. The van der Waals surface area contributed by atoms with Crippen LogP contribution in [0.4, 0.5) is 0 Å². The van der Waals surface area contributed by atoms with E-state index in [-0.39, 0.29) is 0 Å². The monoisotopic (exact) mass is 251 g/mol. The van der Waals surface area contributed by atoms with Gasteiger partial charge in [0.2, 0.25) is 0 Å². The average molecular weight is 251 g/mol. The zero-order chi connectivity index (χ0) is 13.5. The van der Waals surface area contributed by atoms with Crippen LogP contribution in [-0.4, -0.2) is 29.6 Å². The lowest BCUT2D eigenvalue weighted by atomic mass is 10.1. The van der Waals surface area contributed by atoms with E-state index in [4.69, 9.17) is 9.84 Å². The fourth-order valence-corrected chi connectivity index (χ4v) is 1.45. The molecule has 0 saturated heterocycles. The van der Waals surface area contributed by atoms with Gasteiger partial charge in [0, 0.05) is 5.56 Å². The fourth-order valence-electron chi connectivity index (χ4n) is 1.45. The van der Waals surface area contributed by atoms with Gasteiger partial charge in [0.25, 0.3) is 5.91 Å². The highest BCUT2D eigenvalue weighted by atomic mass is 16.5. The van der Waals surface area contributed by atoms with Gasteiger partial charge in [-0.05, 0) is 37.6 Å². The maximum Gasteiger partial charge on any atom is 0.326 e. The number of carbonyl (C=O) groups is 2. The molecule has 1 aromatic carbocycles.